The highest BCUT2D eigenvalue weighted by molar-refractivity contribution is 6.17. The lowest BCUT2D eigenvalue weighted by Gasteiger charge is -2.20. The Morgan fingerprint density at radius 2 is 1.19 bits per heavy atom. The topological polar surface area (TPSA) is 144 Å². The van der Waals surface area contributed by atoms with Crippen LogP contribution >= 0.6 is 11.6 Å². The van der Waals surface area contributed by atoms with E-state index in [1.54, 1.807) is 35.6 Å². The van der Waals surface area contributed by atoms with Crippen LogP contribution in [0.25, 0.3) is 0 Å². The molecule has 0 amide bonds. The van der Waals surface area contributed by atoms with Gasteiger partial charge in [-0.1, -0.05) is 12.1 Å². The summed E-state index contributed by atoms with van der Waals surface area (Å²) >= 11 is 5.93. The predicted octanol–water partition coefficient (Wildman–Crippen LogP) is 5.34. The number of anilines is 2. The number of hydrogen-bond donors (Lipinski definition) is 0. The summed E-state index contributed by atoms with van der Waals surface area (Å²) < 4.78 is 13.6. The van der Waals surface area contributed by atoms with Gasteiger partial charge in [0.1, 0.15) is 22.8 Å². The minimum atomic E-state index is -0.438. The van der Waals surface area contributed by atoms with Crippen LogP contribution < -0.4 is 9.80 Å². The van der Waals surface area contributed by atoms with E-state index >= 15 is 0 Å². The van der Waals surface area contributed by atoms with Crippen LogP contribution in [-0.4, -0.2) is 80.9 Å². The van der Waals surface area contributed by atoms with Gasteiger partial charge in [0.25, 0.3) is 0 Å². The summed E-state index contributed by atoms with van der Waals surface area (Å²) in [6, 6.07) is 10.4. The molecule has 0 bridgehead atoms. The van der Waals surface area contributed by atoms with Gasteiger partial charge in [0.2, 0.25) is 0 Å². The van der Waals surface area contributed by atoms with Crippen LogP contribution in [0.4, 0.5) is 11.6 Å². The zero-order chi connectivity index (χ0) is 37.2. The number of alkyl halides is 1. The lowest BCUT2D eigenvalue weighted by Crippen LogP contribution is -2.23. The number of pyridine rings is 2. The molecule has 4 unspecified atom stereocenters. The molecule has 4 aliphatic rings. The molecule has 2 saturated carbocycles. The third kappa shape index (κ3) is 8.18. The first-order valence-electron chi connectivity index (χ1n) is 18.5. The Hall–Kier alpha value is -4.96. The number of carbonyl (C=O) groups is 2. The van der Waals surface area contributed by atoms with Crippen molar-refractivity contribution in [2.24, 2.45) is 23.7 Å². The van der Waals surface area contributed by atoms with Gasteiger partial charge in [-0.05, 0) is 87.5 Å². The lowest BCUT2D eigenvalue weighted by molar-refractivity contribution is 0.0515. The molecule has 0 spiro atoms. The Balaban J connectivity index is 0.000000164. The van der Waals surface area contributed by atoms with Gasteiger partial charge in [0.15, 0.2) is 0 Å². The van der Waals surface area contributed by atoms with Crippen LogP contribution in [0.5, 0.6) is 0 Å². The van der Waals surface area contributed by atoms with Gasteiger partial charge in [0.05, 0.1) is 56.1 Å². The van der Waals surface area contributed by atoms with Gasteiger partial charge in [0, 0.05) is 50.0 Å². The largest absolute Gasteiger partial charge is 0.462 e. The van der Waals surface area contributed by atoms with Crippen molar-refractivity contribution in [2.45, 2.75) is 65.9 Å². The van der Waals surface area contributed by atoms with Crippen LogP contribution in [0.3, 0.4) is 0 Å². The van der Waals surface area contributed by atoms with Crippen LogP contribution in [0.2, 0.25) is 0 Å². The summed E-state index contributed by atoms with van der Waals surface area (Å²) in [5, 5.41) is 17.8. The van der Waals surface area contributed by atoms with E-state index in [1.807, 2.05) is 13.8 Å². The molecule has 2 saturated heterocycles. The van der Waals surface area contributed by atoms with Crippen molar-refractivity contribution in [3.63, 3.8) is 0 Å². The predicted molar refractivity (Wildman–Crippen MR) is 199 cm³/mol. The first-order chi connectivity index (χ1) is 25.7. The van der Waals surface area contributed by atoms with Crippen LogP contribution in [0.15, 0.2) is 36.7 Å². The SMILES string of the molecule is CCOC(=O)c1cn(Cc2ccc(N3CC4CC4C3)nc2C)nc1CC#N.CCOC(=O)c1cn(Cc2ccc(N3CC4CC4C3)nc2C)nc1CCl. The fourth-order valence-electron chi connectivity index (χ4n) is 7.51. The number of carbonyl (C=O) groups excluding carboxylic acids is 2. The zero-order valence-corrected chi connectivity index (χ0v) is 31.6. The fourth-order valence-corrected chi connectivity index (χ4v) is 7.70. The number of fused-ring (bicyclic) bond motifs is 2. The second kappa shape index (κ2) is 15.6. The number of halogens is 1. The molecule has 14 heteroatoms. The number of aromatic nitrogens is 6. The monoisotopic (exact) mass is 739 g/mol. The number of aryl methyl sites for hydroxylation is 2. The summed E-state index contributed by atoms with van der Waals surface area (Å²) in [7, 11) is 0. The van der Waals surface area contributed by atoms with E-state index in [0.717, 1.165) is 84.0 Å². The first kappa shape index (κ1) is 36.4. The fraction of sp³-hybridized carbons (Fsp3) is 0.513. The molecule has 13 nitrogen and oxygen atoms in total. The molecule has 4 fully saturated rings. The van der Waals surface area contributed by atoms with Crippen molar-refractivity contribution < 1.29 is 19.1 Å². The summed E-state index contributed by atoms with van der Waals surface area (Å²) in [5.41, 5.74) is 5.86. The van der Waals surface area contributed by atoms with E-state index in [9.17, 15) is 9.59 Å². The molecule has 278 valence electrons. The minimum Gasteiger partial charge on any atom is -0.462 e. The Kier molecular flexibility index (Phi) is 10.7. The summed E-state index contributed by atoms with van der Waals surface area (Å²) in [5.74, 6) is 4.97. The average molecular weight is 740 g/mol. The smallest absolute Gasteiger partial charge is 0.341 e. The number of nitrogens with zero attached hydrogens (tertiary/aromatic N) is 9. The van der Waals surface area contributed by atoms with Crippen molar-refractivity contribution in [1.82, 2.24) is 29.5 Å². The molecule has 2 aliphatic carbocycles. The molecule has 53 heavy (non-hydrogen) atoms. The number of rotatable bonds is 12. The average Bonchev–Trinajstić information content (AvgIpc) is 3.73. The highest BCUT2D eigenvalue weighted by Crippen LogP contribution is 2.46. The van der Waals surface area contributed by atoms with Crippen molar-refractivity contribution in [3.05, 3.63) is 81.7 Å². The molecule has 6 heterocycles. The standard InChI is InChI=1S/C20H23N5O2.C19H23ClN4O2/c1-3-27-20(26)17-12-25(23-18(17)6-7-21)11-14-4-5-19(22-13(14)2)24-9-15-8-16(15)10-24;1-3-26-19(25)16-11-24(22-17(16)7-20)10-13-4-5-18(21-12(13)2)23-8-14-6-15(14)9-23/h4-5,12,15-16H,3,6,8-11H2,1-2H3;4-5,11,14-15H,3,6-10H2,1-2H3. The zero-order valence-electron chi connectivity index (χ0n) is 30.8. The van der Waals surface area contributed by atoms with E-state index in [4.69, 9.17) is 36.3 Å². The number of ether oxygens (including phenoxy) is 2. The molecule has 8 rings (SSSR count). The van der Waals surface area contributed by atoms with E-state index in [0.29, 0.717) is 48.8 Å². The molecule has 0 aromatic carbocycles. The van der Waals surface area contributed by atoms with Gasteiger partial charge in [-0.2, -0.15) is 15.5 Å². The van der Waals surface area contributed by atoms with Crippen LogP contribution in [0.1, 0.15) is 81.3 Å². The molecule has 4 aromatic heterocycles. The summed E-state index contributed by atoms with van der Waals surface area (Å²) in [6.45, 7) is 13.7. The van der Waals surface area contributed by atoms with Crippen molar-refractivity contribution in [3.8, 4) is 6.07 Å². The number of esters is 2. The van der Waals surface area contributed by atoms with Gasteiger partial charge >= 0.3 is 11.9 Å². The van der Waals surface area contributed by atoms with Crippen LogP contribution in [0, 0.1) is 48.9 Å². The van der Waals surface area contributed by atoms with Crippen molar-refractivity contribution in [2.75, 3.05) is 49.2 Å². The third-order valence-electron chi connectivity index (χ3n) is 10.7. The number of nitriles is 1. The van der Waals surface area contributed by atoms with Gasteiger partial charge < -0.3 is 19.3 Å². The Labute approximate surface area is 314 Å². The number of piperidine rings is 2. The summed E-state index contributed by atoms with van der Waals surface area (Å²) in [4.78, 5) is 38.4. The van der Waals surface area contributed by atoms with E-state index in [-0.39, 0.29) is 18.3 Å². The van der Waals surface area contributed by atoms with E-state index in [2.05, 4.69) is 50.3 Å². The van der Waals surface area contributed by atoms with E-state index < -0.39 is 5.97 Å². The molecule has 4 aromatic rings. The highest BCUT2D eigenvalue weighted by Gasteiger charge is 2.46. The second-order valence-corrected chi connectivity index (χ2v) is 14.7. The van der Waals surface area contributed by atoms with Crippen LogP contribution in [-0.2, 0) is 34.9 Å². The Bertz CT molecular complexity index is 2020. The quantitative estimate of drug-likeness (QED) is 0.137. The highest BCUT2D eigenvalue weighted by atomic mass is 35.5. The second-order valence-electron chi connectivity index (χ2n) is 14.4. The first-order valence-corrected chi connectivity index (χ1v) is 19.0. The van der Waals surface area contributed by atoms with Gasteiger partial charge in [-0.15, -0.1) is 11.6 Å². The molecular formula is C39H46ClN9O4. The Morgan fingerprint density at radius 3 is 1.58 bits per heavy atom. The van der Waals surface area contributed by atoms with E-state index in [1.165, 1.54) is 12.8 Å². The minimum absolute atomic E-state index is 0.0780. The molecule has 2 aliphatic heterocycles. The maximum atomic E-state index is 12.1. The molecule has 0 N–H and O–H groups in total. The lowest BCUT2D eigenvalue weighted by atomic mass is 10.2. The van der Waals surface area contributed by atoms with Crippen molar-refractivity contribution in [1.29, 1.82) is 5.26 Å². The maximum absolute atomic E-state index is 12.1. The molecule has 0 radical (unpaired) electrons. The molecule has 4 atom stereocenters. The van der Waals surface area contributed by atoms with Gasteiger partial charge in [-0.25, -0.2) is 19.6 Å². The number of hydrogen-bond acceptors (Lipinski definition) is 11. The normalized spacial score (nSPS) is 20.6. The van der Waals surface area contributed by atoms with Gasteiger partial charge in [-0.3, -0.25) is 9.36 Å². The molecular weight excluding hydrogens is 694 g/mol. The summed E-state index contributed by atoms with van der Waals surface area (Å²) in [6.07, 6.45) is 6.21. The van der Waals surface area contributed by atoms with Crippen molar-refractivity contribution >= 4 is 35.2 Å². The maximum Gasteiger partial charge on any atom is 0.341 e. The Morgan fingerprint density at radius 1 is 0.755 bits per heavy atom. The third-order valence-corrected chi connectivity index (χ3v) is 10.9.